The minimum atomic E-state index is -0.664. The second-order valence-electron chi connectivity index (χ2n) is 6.81. The number of fused-ring (bicyclic) bond motifs is 2. The van der Waals surface area contributed by atoms with Crippen molar-refractivity contribution in [3.05, 3.63) is 75.8 Å². The van der Waals surface area contributed by atoms with Crippen molar-refractivity contribution in [3.8, 4) is 6.07 Å². The number of para-hydroxylation sites is 1. The zero-order valence-electron chi connectivity index (χ0n) is 16.3. The second-order valence-corrected chi connectivity index (χ2v) is 6.81. The molecule has 0 saturated heterocycles. The Hall–Kier alpha value is -4.32. The van der Waals surface area contributed by atoms with Crippen molar-refractivity contribution in [1.82, 2.24) is 14.5 Å². The second kappa shape index (κ2) is 8.20. The maximum absolute atomic E-state index is 12.6. The van der Waals surface area contributed by atoms with Gasteiger partial charge in [-0.05, 0) is 24.3 Å². The molecule has 0 saturated carbocycles. The fourth-order valence-corrected chi connectivity index (χ4v) is 3.42. The molecule has 3 aromatic rings. The normalized spacial score (nSPS) is 12.7. The Balaban J connectivity index is 1.44. The number of amides is 2. The predicted molar refractivity (Wildman–Crippen MR) is 108 cm³/mol. The van der Waals surface area contributed by atoms with Crippen LogP contribution in [0.25, 0.3) is 10.9 Å². The van der Waals surface area contributed by atoms with E-state index in [9.17, 15) is 19.2 Å². The fourth-order valence-electron chi connectivity index (χ4n) is 3.42. The zero-order valence-corrected chi connectivity index (χ0v) is 16.3. The highest BCUT2D eigenvalue weighted by atomic mass is 16.5. The van der Waals surface area contributed by atoms with Crippen LogP contribution in [0.3, 0.4) is 0 Å². The third kappa shape index (κ3) is 3.67. The summed E-state index contributed by atoms with van der Waals surface area (Å²) in [6.45, 7) is -0.678. The molecular weight excluding hydrogens is 400 g/mol. The summed E-state index contributed by atoms with van der Waals surface area (Å²) in [5.74, 6) is -1.43. The smallest absolute Gasteiger partial charge is 0.308 e. The number of hydrogen-bond donors (Lipinski definition) is 0. The molecule has 0 fully saturated rings. The van der Waals surface area contributed by atoms with Crippen LogP contribution in [0.5, 0.6) is 0 Å². The Labute approximate surface area is 176 Å². The minimum absolute atomic E-state index is 0.124. The number of hydrogen-bond acceptors (Lipinski definition) is 7. The molecule has 9 heteroatoms. The lowest BCUT2D eigenvalue weighted by Gasteiger charge is -2.14. The number of carbonyl (C=O) groups excluding carboxylic acids is 3. The molecule has 0 N–H and O–H groups in total. The summed E-state index contributed by atoms with van der Waals surface area (Å²) in [4.78, 5) is 54.9. The SMILES string of the molecule is N#CCn1c(COC(=O)CCN2C(=O)c3ccccc3C2=O)nc2ccccc2c1=O. The number of aromatic nitrogens is 2. The summed E-state index contributed by atoms with van der Waals surface area (Å²) >= 11 is 0. The van der Waals surface area contributed by atoms with E-state index in [1.807, 2.05) is 6.07 Å². The molecule has 0 radical (unpaired) electrons. The van der Waals surface area contributed by atoms with Crippen molar-refractivity contribution in [2.75, 3.05) is 6.54 Å². The van der Waals surface area contributed by atoms with Gasteiger partial charge in [-0.1, -0.05) is 24.3 Å². The van der Waals surface area contributed by atoms with Gasteiger partial charge < -0.3 is 4.74 Å². The lowest BCUT2D eigenvalue weighted by molar-refractivity contribution is -0.145. The largest absolute Gasteiger partial charge is 0.457 e. The molecule has 0 atom stereocenters. The highest BCUT2D eigenvalue weighted by molar-refractivity contribution is 6.21. The molecule has 0 aliphatic carbocycles. The van der Waals surface area contributed by atoms with Gasteiger partial charge in [0.15, 0.2) is 5.82 Å². The van der Waals surface area contributed by atoms with Gasteiger partial charge in [-0.15, -0.1) is 0 Å². The summed E-state index contributed by atoms with van der Waals surface area (Å²) in [6, 6.07) is 15.0. The summed E-state index contributed by atoms with van der Waals surface area (Å²) in [6.07, 6.45) is -0.207. The van der Waals surface area contributed by atoms with Crippen LogP contribution >= 0.6 is 0 Å². The lowest BCUT2D eigenvalue weighted by Crippen LogP contribution is -2.32. The average Bonchev–Trinajstić information content (AvgIpc) is 3.03. The van der Waals surface area contributed by atoms with Gasteiger partial charge in [-0.2, -0.15) is 5.26 Å². The topological polar surface area (TPSA) is 122 Å². The molecule has 1 aliphatic rings. The number of rotatable bonds is 6. The highest BCUT2D eigenvalue weighted by Gasteiger charge is 2.35. The van der Waals surface area contributed by atoms with Gasteiger partial charge in [0.1, 0.15) is 13.2 Å². The van der Waals surface area contributed by atoms with E-state index in [1.165, 1.54) is 0 Å². The molecule has 0 bridgehead atoms. The summed E-state index contributed by atoms with van der Waals surface area (Å²) in [5.41, 5.74) is 0.645. The Morgan fingerprint density at radius 3 is 2.32 bits per heavy atom. The minimum Gasteiger partial charge on any atom is -0.457 e. The average molecular weight is 416 g/mol. The van der Waals surface area contributed by atoms with Crippen molar-refractivity contribution in [2.24, 2.45) is 0 Å². The molecule has 1 aliphatic heterocycles. The Morgan fingerprint density at radius 1 is 1.00 bits per heavy atom. The van der Waals surface area contributed by atoms with Crippen LogP contribution in [0.4, 0.5) is 0 Å². The molecule has 154 valence electrons. The summed E-state index contributed by atoms with van der Waals surface area (Å²) in [5, 5.41) is 9.39. The van der Waals surface area contributed by atoms with E-state index in [2.05, 4.69) is 4.98 Å². The van der Waals surface area contributed by atoms with Crippen LogP contribution in [-0.4, -0.2) is 38.8 Å². The van der Waals surface area contributed by atoms with Gasteiger partial charge in [0.05, 0.1) is 34.5 Å². The molecule has 9 nitrogen and oxygen atoms in total. The monoisotopic (exact) mass is 416 g/mol. The molecule has 4 rings (SSSR count). The van der Waals surface area contributed by atoms with Gasteiger partial charge in [-0.25, -0.2) is 4.98 Å². The molecule has 2 heterocycles. The Morgan fingerprint density at radius 2 is 1.65 bits per heavy atom. The van der Waals surface area contributed by atoms with E-state index in [0.717, 1.165) is 9.47 Å². The van der Waals surface area contributed by atoms with E-state index in [0.29, 0.717) is 22.0 Å². The van der Waals surface area contributed by atoms with Crippen LogP contribution in [-0.2, 0) is 22.7 Å². The predicted octanol–water partition coefficient (Wildman–Crippen LogP) is 1.65. The maximum Gasteiger partial charge on any atom is 0.308 e. The number of ether oxygens (including phenoxy) is 1. The number of carbonyl (C=O) groups is 3. The van der Waals surface area contributed by atoms with E-state index in [1.54, 1.807) is 48.5 Å². The van der Waals surface area contributed by atoms with Crippen molar-refractivity contribution < 1.29 is 19.1 Å². The Bertz CT molecular complexity index is 1290. The van der Waals surface area contributed by atoms with Gasteiger partial charge in [-0.3, -0.25) is 28.6 Å². The first-order valence-electron chi connectivity index (χ1n) is 9.47. The molecule has 2 aromatic carbocycles. The maximum atomic E-state index is 12.6. The zero-order chi connectivity index (χ0) is 22.0. The highest BCUT2D eigenvalue weighted by Crippen LogP contribution is 2.22. The first kappa shape index (κ1) is 20.0. The summed E-state index contributed by atoms with van der Waals surface area (Å²) < 4.78 is 6.36. The number of benzene rings is 2. The van der Waals surface area contributed by atoms with Gasteiger partial charge in [0.25, 0.3) is 17.4 Å². The van der Waals surface area contributed by atoms with Crippen molar-refractivity contribution >= 4 is 28.7 Å². The molecule has 31 heavy (non-hydrogen) atoms. The van der Waals surface area contributed by atoms with Crippen LogP contribution < -0.4 is 5.56 Å². The number of nitrogens with zero attached hydrogens (tertiary/aromatic N) is 4. The van der Waals surface area contributed by atoms with Crippen molar-refractivity contribution in [3.63, 3.8) is 0 Å². The van der Waals surface area contributed by atoms with Crippen LogP contribution in [0.2, 0.25) is 0 Å². The van der Waals surface area contributed by atoms with Crippen LogP contribution in [0.15, 0.2) is 53.3 Å². The van der Waals surface area contributed by atoms with E-state index >= 15 is 0 Å². The van der Waals surface area contributed by atoms with E-state index in [4.69, 9.17) is 10.00 Å². The van der Waals surface area contributed by atoms with Crippen molar-refractivity contribution in [2.45, 2.75) is 19.6 Å². The number of esters is 1. The van der Waals surface area contributed by atoms with Crippen LogP contribution in [0.1, 0.15) is 33.0 Å². The molecule has 0 spiro atoms. The fraction of sp³-hybridized carbons (Fsp3) is 0.182. The number of imide groups is 1. The molecular formula is C22H16N4O5. The van der Waals surface area contributed by atoms with Crippen LogP contribution in [0, 0.1) is 11.3 Å². The first-order chi connectivity index (χ1) is 15.0. The first-order valence-corrected chi connectivity index (χ1v) is 9.47. The number of nitriles is 1. The third-order valence-corrected chi connectivity index (χ3v) is 4.95. The van der Waals surface area contributed by atoms with E-state index < -0.39 is 23.3 Å². The van der Waals surface area contributed by atoms with Gasteiger partial charge in [0.2, 0.25) is 0 Å². The molecule has 0 unspecified atom stereocenters. The third-order valence-electron chi connectivity index (χ3n) is 4.95. The van der Waals surface area contributed by atoms with Crippen molar-refractivity contribution in [1.29, 1.82) is 5.26 Å². The quantitative estimate of drug-likeness (QED) is 0.442. The molecule has 1 aromatic heterocycles. The summed E-state index contributed by atoms with van der Waals surface area (Å²) in [7, 11) is 0. The van der Waals surface area contributed by atoms with Gasteiger partial charge >= 0.3 is 5.97 Å². The molecule has 2 amide bonds. The Kier molecular flexibility index (Phi) is 5.28. The van der Waals surface area contributed by atoms with Gasteiger partial charge in [0, 0.05) is 6.54 Å². The van der Waals surface area contributed by atoms with E-state index in [-0.39, 0.29) is 31.9 Å². The lowest BCUT2D eigenvalue weighted by atomic mass is 10.1. The standard InChI is InChI=1S/C22H16N4O5/c23-10-12-25-18(24-17-8-4-3-7-16(17)22(25)30)13-31-19(27)9-11-26-20(28)14-5-1-2-6-15(14)21(26)29/h1-8H,9,11-13H2.